The van der Waals surface area contributed by atoms with Crippen LogP contribution in [0.4, 0.5) is 5.69 Å². The Hall–Kier alpha value is -2.44. The van der Waals surface area contributed by atoms with Crippen LogP contribution >= 0.6 is 23.1 Å². The Morgan fingerprint density at radius 1 is 1.08 bits per heavy atom. The summed E-state index contributed by atoms with van der Waals surface area (Å²) in [6.07, 6.45) is 0. The molecule has 1 aromatic heterocycles. The number of fused-ring (bicyclic) bond motifs is 1. The minimum absolute atomic E-state index is 0.131. The molecule has 1 N–H and O–H groups in total. The number of rotatable bonds is 5. The van der Waals surface area contributed by atoms with Crippen LogP contribution in [0.2, 0.25) is 0 Å². The highest BCUT2D eigenvalue weighted by Crippen LogP contribution is 2.34. The van der Waals surface area contributed by atoms with Gasteiger partial charge >= 0.3 is 0 Å². The standard InChI is InChI=1S/C19H15NO3S2/c21-19(20-13-7-8-16-17(10-13)23-12-22-16)15-5-1-2-6-18(15)25-11-14-4-3-9-24-14/h1-10H,11-12H2,(H,20,21). The van der Waals surface area contributed by atoms with Gasteiger partial charge in [0.1, 0.15) is 0 Å². The number of nitrogens with one attached hydrogen (secondary N) is 1. The van der Waals surface area contributed by atoms with E-state index in [1.54, 1.807) is 35.2 Å². The van der Waals surface area contributed by atoms with Crippen LogP contribution in [0, 0.1) is 0 Å². The van der Waals surface area contributed by atoms with Gasteiger partial charge in [0.2, 0.25) is 6.79 Å². The molecule has 2 aromatic carbocycles. The Morgan fingerprint density at radius 2 is 1.96 bits per heavy atom. The van der Waals surface area contributed by atoms with E-state index in [9.17, 15) is 4.79 Å². The highest BCUT2D eigenvalue weighted by molar-refractivity contribution is 7.98. The fourth-order valence-corrected chi connectivity index (χ4v) is 4.32. The number of amides is 1. The predicted octanol–water partition coefficient (Wildman–Crippen LogP) is 5.02. The third-order valence-corrected chi connectivity index (χ3v) is 5.89. The van der Waals surface area contributed by atoms with Crippen molar-refractivity contribution in [3.8, 4) is 11.5 Å². The van der Waals surface area contributed by atoms with Gasteiger partial charge in [0.15, 0.2) is 11.5 Å². The molecule has 0 bridgehead atoms. The number of benzene rings is 2. The lowest BCUT2D eigenvalue weighted by atomic mass is 10.2. The third kappa shape index (κ3) is 3.65. The maximum atomic E-state index is 12.7. The SMILES string of the molecule is O=C(Nc1ccc2c(c1)OCO2)c1ccccc1SCc1cccs1. The highest BCUT2D eigenvalue weighted by Gasteiger charge is 2.16. The molecule has 4 rings (SSSR count). The van der Waals surface area contributed by atoms with Gasteiger partial charge in [-0.1, -0.05) is 18.2 Å². The Kier molecular flexibility index (Phi) is 4.63. The van der Waals surface area contributed by atoms with Crippen molar-refractivity contribution < 1.29 is 14.3 Å². The van der Waals surface area contributed by atoms with Gasteiger partial charge in [-0.25, -0.2) is 0 Å². The zero-order chi connectivity index (χ0) is 17.1. The average molecular weight is 369 g/mol. The van der Waals surface area contributed by atoms with Crippen molar-refractivity contribution in [2.45, 2.75) is 10.6 Å². The first-order chi connectivity index (χ1) is 12.3. The summed E-state index contributed by atoms with van der Waals surface area (Å²) in [5.74, 6) is 2.07. The monoisotopic (exact) mass is 369 g/mol. The van der Waals surface area contributed by atoms with E-state index >= 15 is 0 Å². The number of hydrogen-bond donors (Lipinski definition) is 1. The average Bonchev–Trinajstić information content (AvgIpc) is 3.31. The Labute approximate surface area is 153 Å². The molecule has 25 heavy (non-hydrogen) atoms. The van der Waals surface area contributed by atoms with Crippen LogP contribution in [0.3, 0.4) is 0 Å². The van der Waals surface area contributed by atoms with Crippen LogP contribution < -0.4 is 14.8 Å². The number of ether oxygens (including phenoxy) is 2. The number of anilines is 1. The molecule has 6 heteroatoms. The largest absolute Gasteiger partial charge is 0.454 e. The summed E-state index contributed by atoms with van der Waals surface area (Å²) in [5.41, 5.74) is 1.36. The number of carbonyl (C=O) groups is 1. The molecule has 2 heterocycles. The Bertz CT molecular complexity index is 893. The zero-order valence-electron chi connectivity index (χ0n) is 13.2. The number of thioether (sulfide) groups is 1. The van der Waals surface area contributed by atoms with Gasteiger partial charge < -0.3 is 14.8 Å². The smallest absolute Gasteiger partial charge is 0.256 e. The topological polar surface area (TPSA) is 47.6 Å². The molecule has 1 aliphatic heterocycles. The van der Waals surface area contributed by atoms with Gasteiger partial charge in [-0.15, -0.1) is 23.1 Å². The minimum Gasteiger partial charge on any atom is -0.454 e. The Balaban J connectivity index is 1.50. The van der Waals surface area contributed by atoms with E-state index in [0.29, 0.717) is 22.7 Å². The second-order valence-corrected chi connectivity index (χ2v) is 7.44. The third-order valence-electron chi connectivity index (χ3n) is 3.71. The number of thiophene rings is 1. The van der Waals surface area contributed by atoms with E-state index in [1.165, 1.54) is 4.88 Å². The van der Waals surface area contributed by atoms with E-state index in [0.717, 1.165) is 10.6 Å². The van der Waals surface area contributed by atoms with Crippen molar-refractivity contribution in [1.29, 1.82) is 0 Å². The number of carbonyl (C=O) groups excluding carboxylic acids is 1. The molecule has 1 amide bonds. The molecule has 4 nitrogen and oxygen atoms in total. The van der Waals surface area contributed by atoms with Crippen LogP contribution in [0.1, 0.15) is 15.2 Å². The summed E-state index contributed by atoms with van der Waals surface area (Å²) in [5, 5.41) is 5.00. The van der Waals surface area contributed by atoms with Crippen molar-refractivity contribution in [2.75, 3.05) is 12.1 Å². The molecule has 0 unspecified atom stereocenters. The summed E-state index contributed by atoms with van der Waals surface area (Å²) in [6.45, 7) is 0.217. The summed E-state index contributed by atoms with van der Waals surface area (Å²) in [6, 6.07) is 17.2. The van der Waals surface area contributed by atoms with E-state index in [4.69, 9.17) is 9.47 Å². The van der Waals surface area contributed by atoms with Crippen LogP contribution in [-0.4, -0.2) is 12.7 Å². The van der Waals surface area contributed by atoms with Crippen LogP contribution in [0.15, 0.2) is 64.9 Å². The maximum absolute atomic E-state index is 12.7. The second kappa shape index (κ2) is 7.21. The molecule has 0 atom stereocenters. The summed E-state index contributed by atoms with van der Waals surface area (Å²) in [7, 11) is 0. The predicted molar refractivity (Wildman–Crippen MR) is 101 cm³/mol. The first kappa shape index (κ1) is 16.1. The van der Waals surface area contributed by atoms with Crippen LogP contribution in [0.25, 0.3) is 0 Å². The molecule has 0 aliphatic carbocycles. The lowest BCUT2D eigenvalue weighted by Gasteiger charge is -2.10. The van der Waals surface area contributed by atoms with Gasteiger partial charge in [-0.05, 0) is 35.7 Å². The summed E-state index contributed by atoms with van der Waals surface area (Å²) in [4.78, 5) is 15.0. The molecule has 126 valence electrons. The zero-order valence-corrected chi connectivity index (χ0v) is 14.9. The molecule has 0 saturated heterocycles. The molecular formula is C19H15NO3S2. The molecule has 3 aromatic rings. The maximum Gasteiger partial charge on any atom is 0.256 e. The molecule has 0 spiro atoms. The fraction of sp³-hybridized carbons (Fsp3) is 0.105. The lowest BCUT2D eigenvalue weighted by molar-refractivity contribution is 0.102. The van der Waals surface area contributed by atoms with E-state index in [-0.39, 0.29) is 12.7 Å². The first-order valence-electron chi connectivity index (χ1n) is 7.75. The van der Waals surface area contributed by atoms with Crippen molar-refractivity contribution in [1.82, 2.24) is 0 Å². The molecule has 0 radical (unpaired) electrons. The molecule has 0 fully saturated rings. The lowest BCUT2D eigenvalue weighted by Crippen LogP contribution is -2.12. The Morgan fingerprint density at radius 3 is 2.84 bits per heavy atom. The first-order valence-corrected chi connectivity index (χ1v) is 9.61. The molecular weight excluding hydrogens is 354 g/mol. The van der Waals surface area contributed by atoms with Crippen LogP contribution in [0.5, 0.6) is 11.5 Å². The minimum atomic E-state index is -0.131. The van der Waals surface area contributed by atoms with E-state index < -0.39 is 0 Å². The van der Waals surface area contributed by atoms with Gasteiger partial charge in [0.05, 0.1) is 5.56 Å². The highest BCUT2D eigenvalue weighted by atomic mass is 32.2. The molecule has 0 saturated carbocycles. The van der Waals surface area contributed by atoms with Gasteiger partial charge in [-0.3, -0.25) is 4.79 Å². The van der Waals surface area contributed by atoms with E-state index in [2.05, 4.69) is 16.8 Å². The van der Waals surface area contributed by atoms with Crippen LogP contribution in [-0.2, 0) is 5.75 Å². The van der Waals surface area contributed by atoms with Crippen molar-refractivity contribution in [2.24, 2.45) is 0 Å². The van der Waals surface area contributed by atoms with Gasteiger partial charge in [0, 0.05) is 27.3 Å². The van der Waals surface area contributed by atoms with Gasteiger partial charge in [-0.2, -0.15) is 0 Å². The fourth-order valence-electron chi connectivity index (χ4n) is 2.50. The van der Waals surface area contributed by atoms with Crippen molar-refractivity contribution in [3.63, 3.8) is 0 Å². The van der Waals surface area contributed by atoms with Crippen molar-refractivity contribution in [3.05, 3.63) is 70.4 Å². The van der Waals surface area contributed by atoms with Crippen molar-refractivity contribution >= 4 is 34.7 Å². The summed E-state index contributed by atoms with van der Waals surface area (Å²) < 4.78 is 10.6. The number of hydrogen-bond acceptors (Lipinski definition) is 5. The van der Waals surface area contributed by atoms with E-state index in [1.807, 2.05) is 36.4 Å². The second-order valence-electron chi connectivity index (χ2n) is 5.39. The summed E-state index contributed by atoms with van der Waals surface area (Å²) >= 11 is 3.39. The normalized spacial score (nSPS) is 12.2. The van der Waals surface area contributed by atoms with Gasteiger partial charge in [0.25, 0.3) is 5.91 Å². The molecule has 1 aliphatic rings. The quantitative estimate of drug-likeness (QED) is 0.642.